The second-order valence-corrected chi connectivity index (χ2v) is 3.69. The number of rotatable bonds is 3. The largest absolute Gasteiger partial charge is 0.430 e. The standard InChI is InChI=1S/C10H7ClN4O3/c11-6-1-2-7(15(16)17)8(3-6)18-10-5-13-4-9(12)14-10/h1-5H,(H2,12,14). The Morgan fingerprint density at radius 2 is 2.17 bits per heavy atom. The summed E-state index contributed by atoms with van der Waals surface area (Å²) in [7, 11) is 0. The van der Waals surface area contributed by atoms with E-state index in [0.29, 0.717) is 5.02 Å². The molecular weight excluding hydrogens is 260 g/mol. The summed E-state index contributed by atoms with van der Waals surface area (Å²) in [6, 6.07) is 3.97. The second-order valence-electron chi connectivity index (χ2n) is 3.25. The molecule has 8 heteroatoms. The van der Waals surface area contributed by atoms with Gasteiger partial charge in [0.25, 0.3) is 0 Å². The Labute approximate surface area is 106 Å². The Morgan fingerprint density at radius 3 is 2.83 bits per heavy atom. The average Bonchev–Trinajstić information content (AvgIpc) is 2.28. The molecule has 2 N–H and O–H groups in total. The van der Waals surface area contributed by atoms with Gasteiger partial charge in [-0.2, -0.15) is 4.98 Å². The van der Waals surface area contributed by atoms with Crippen molar-refractivity contribution in [2.45, 2.75) is 0 Å². The van der Waals surface area contributed by atoms with Gasteiger partial charge in [0.1, 0.15) is 5.82 Å². The van der Waals surface area contributed by atoms with E-state index in [4.69, 9.17) is 22.1 Å². The van der Waals surface area contributed by atoms with Gasteiger partial charge in [0.15, 0.2) is 0 Å². The molecule has 0 unspecified atom stereocenters. The number of benzene rings is 1. The minimum Gasteiger partial charge on any atom is -0.430 e. The van der Waals surface area contributed by atoms with E-state index in [-0.39, 0.29) is 23.1 Å². The molecule has 1 aromatic carbocycles. The van der Waals surface area contributed by atoms with Crippen molar-refractivity contribution < 1.29 is 9.66 Å². The molecular formula is C10H7ClN4O3. The summed E-state index contributed by atoms with van der Waals surface area (Å²) in [5.74, 6) is 0.185. The van der Waals surface area contributed by atoms with E-state index in [1.807, 2.05) is 0 Å². The lowest BCUT2D eigenvalue weighted by molar-refractivity contribution is -0.385. The summed E-state index contributed by atoms with van der Waals surface area (Å²) in [6.45, 7) is 0. The van der Waals surface area contributed by atoms with Gasteiger partial charge in [0.2, 0.25) is 11.6 Å². The van der Waals surface area contributed by atoms with Gasteiger partial charge in [-0.25, -0.2) is 0 Å². The second kappa shape index (κ2) is 4.84. The van der Waals surface area contributed by atoms with Crippen molar-refractivity contribution in [3.63, 3.8) is 0 Å². The zero-order chi connectivity index (χ0) is 13.1. The number of halogens is 1. The Hall–Kier alpha value is -2.41. The number of hydrogen-bond donors (Lipinski definition) is 1. The third-order valence-corrected chi connectivity index (χ3v) is 2.20. The third kappa shape index (κ3) is 2.64. The van der Waals surface area contributed by atoms with Crippen molar-refractivity contribution in [2.24, 2.45) is 0 Å². The van der Waals surface area contributed by atoms with Gasteiger partial charge in [-0.1, -0.05) is 11.6 Å². The first-order valence-electron chi connectivity index (χ1n) is 4.75. The van der Waals surface area contributed by atoms with Gasteiger partial charge in [-0.05, 0) is 6.07 Å². The molecule has 1 aromatic heterocycles. The van der Waals surface area contributed by atoms with Crippen molar-refractivity contribution >= 4 is 23.1 Å². The molecule has 0 bridgehead atoms. The van der Waals surface area contributed by atoms with Crippen molar-refractivity contribution in [3.8, 4) is 11.6 Å². The Bertz CT molecular complexity index is 605. The van der Waals surface area contributed by atoms with Crippen LogP contribution in [0, 0.1) is 10.1 Å². The molecule has 2 rings (SSSR count). The number of nitro groups is 1. The Balaban J connectivity index is 2.39. The molecule has 0 saturated carbocycles. The summed E-state index contributed by atoms with van der Waals surface area (Å²) >= 11 is 5.76. The number of anilines is 1. The quantitative estimate of drug-likeness (QED) is 0.676. The van der Waals surface area contributed by atoms with Crippen LogP contribution >= 0.6 is 11.6 Å². The van der Waals surface area contributed by atoms with E-state index >= 15 is 0 Å². The number of ether oxygens (including phenoxy) is 1. The normalized spacial score (nSPS) is 10.1. The highest BCUT2D eigenvalue weighted by Gasteiger charge is 2.16. The molecule has 0 aliphatic carbocycles. The zero-order valence-electron chi connectivity index (χ0n) is 8.91. The maximum absolute atomic E-state index is 10.8. The number of nitrogens with two attached hydrogens (primary N) is 1. The van der Waals surface area contributed by atoms with Crippen LogP contribution in [-0.4, -0.2) is 14.9 Å². The van der Waals surface area contributed by atoms with Crippen molar-refractivity contribution in [3.05, 3.63) is 45.7 Å². The van der Waals surface area contributed by atoms with E-state index in [0.717, 1.165) is 0 Å². The van der Waals surface area contributed by atoms with Crippen LogP contribution in [0.5, 0.6) is 11.6 Å². The van der Waals surface area contributed by atoms with Gasteiger partial charge in [0.05, 0.1) is 17.3 Å². The first-order valence-corrected chi connectivity index (χ1v) is 5.13. The molecule has 0 atom stereocenters. The highest BCUT2D eigenvalue weighted by atomic mass is 35.5. The summed E-state index contributed by atoms with van der Waals surface area (Å²) in [5, 5.41) is 11.1. The van der Waals surface area contributed by atoms with Crippen molar-refractivity contribution in [2.75, 3.05) is 5.73 Å². The molecule has 0 radical (unpaired) electrons. The minimum absolute atomic E-state index is 0.0209. The minimum atomic E-state index is -0.578. The monoisotopic (exact) mass is 266 g/mol. The topological polar surface area (TPSA) is 104 Å². The van der Waals surface area contributed by atoms with E-state index in [1.165, 1.54) is 30.6 Å². The molecule has 7 nitrogen and oxygen atoms in total. The molecule has 18 heavy (non-hydrogen) atoms. The van der Waals surface area contributed by atoms with Crippen LogP contribution in [0.3, 0.4) is 0 Å². The molecule has 0 amide bonds. The van der Waals surface area contributed by atoms with Crippen LogP contribution in [0.25, 0.3) is 0 Å². The van der Waals surface area contributed by atoms with E-state index in [2.05, 4.69) is 9.97 Å². The van der Waals surface area contributed by atoms with E-state index in [9.17, 15) is 10.1 Å². The molecule has 2 aromatic rings. The fourth-order valence-corrected chi connectivity index (χ4v) is 1.41. The van der Waals surface area contributed by atoms with Gasteiger partial charge in [0, 0.05) is 17.2 Å². The van der Waals surface area contributed by atoms with Crippen LogP contribution in [0.1, 0.15) is 0 Å². The first kappa shape index (κ1) is 12.1. The number of nitro benzene ring substituents is 1. The average molecular weight is 267 g/mol. The number of hydrogen-bond acceptors (Lipinski definition) is 6. The Kier molecular flexibility index (Phi) is 3.24. The summed E-state index contributed by atoms with van der Waals surface area (Å²) in [6.07, 6.45) is 2.63. The zero-order valence-corrected chi connectivity index (χ0v) is 9.66. The lowest BCUT2D eigenvalue weighted by Crippen LogP contribution is -1.97. The van der Waals surface area contributed by atoms with Crippen LogP contribution in [0.2, 0.25) is 5.02 Å². The van der Waals surface area contributed by atoms with Crippen LogP contribution in [-0.2, 0) is 0 Å². The SMILES string of the molecule is Nc1cncc(Oc2cc(Cl)ccc2[N+](=O)[O-])n1. The van der Waals surface area contributed by atoms with Gasteiger partial charge in [-0.3, -0.25) is 15.1 Å². The molecule has 0 aliphatic rings. The molecule has 0 spiro atoms. The van der Waals surface area contributed by atoms with Crippen molar-refractivity contribution in [1.29, 1.82) is 0 Å². The summed E-state index contributed by atoms with van der Waals surface area (Å²) < 4.78 is 5.25. The van der Waals surface area contributed by atoms with Crippen LogP contribution in [0.4, 0.5) is 11.5 Å². The van der Waals surface area contributed by atoms with Gasteiger partial charge < -0.3 is 10.5 Å². The molecule has 0 fully saturated rings. The fraction of sp³-hybridized carbons (Fsp3) is 0. The predicted molar refractivity (Wildman–Crippen MR) is 64.6 cm³/mol. The number of nitrogen functional groups attached to an aromatic ring is 1. The molecule has 1 heterocycles. The summed E-state index contributed by atoms with van der Waals surface area (Å²) in [4.78, 5) is 17.8. The van der Waals surface area contributed by atoms with Crippen LogP contribution < -0.4 is 10.5 Å². The predicted octanol–water partition coefficient (Wildman–Crippen LogP) is 2.41. The molecule has 0 saturated heterocycles. The maximum atomic E-state index is 10.8. The lowest BCUT2D eigenvalue weighted by atomic mass is 10.3. The van der Waals surface area contributed by atoms with Crippen molar-refractivity contribution in [1.82, 2.24) is 9.97 Å². The number of nitrogens with zero attached hydrogens (tertiary/aromatic N) is 3. The van der Waals surface area contributed by atoms with Gasteiger partial charge in [-0.15, -0.1) is 0 Å². The highest BCUT2D eigenvalue weighted by molar-refractivity contribution is 6.30. The summed E-state index contributed by atoms with van der Waals surface area (Å²) in [5.41, 5.74) is 5.21. The maximum Gasteiger partial charge on any atom is 0.311 e. The Morgan fingerprint density at radius 1 is 1.39 bits per heavy atom. The van der Waals surface area contributed by atoms with Gasteiger partial charge >= 0.3 is 5.69 Å². The third-order valence-electron chi connectivity index (χ3n) is 1.96. The van der Waals surface area contributed by atoms with E-state index in [1.54, 1.807) is 0 Å². The fourth-order valence-electron chi connectivity index (χ4n) is 1.24. The highest BCUT2D eigenvalue weighted by Crippen LogP contribution is 2.32. The number of aromatic nitrogens is 2. The lowest BCUT2D eigenvalue weighted by Gasteiger charge is -2.05. The first-order chi connectivity index (χ1) is 8.56. The van der Waals surface area contributed by atoms with E-state index < -0.39 is 4.92 Å². The smallest absolute Gasteiger partial charge is 0.311 e. The molecule has 0 aliphatic heterocycles. The van der Waals surface area contributed by atoms with Crippen LogP contribution in [0.15, 0.2) is 30.6 Å². The molecule has 92 valence electrons.